The Bertz CT molecular complexity index is 165. The van der Waals surface area contributed by atoms with Gasteiger partial charge in [0.25, 0.3) is 0 Å². The van der Waals surface area contributed by atoms with E-state index in [9.17, 15) is 0 Å². The van der Waals surface area contributed by atoms with Gasteiger partial charge >= 0.3 is 0 Å². The van der Waals surface area contributed by atoms with Crippen molar-refractivity contribution < 1.29 is 14.2 Å². The number of ether oxygens (including phenoxy) is 3. The zero-order valence-corrected chi connectivity index (χ0v) is 9.66. The first-order valence-corrected chi connectivity index (χ1v) is 5.34. The van der Waals surface area contributed by atoms with E-state index >= 15 is 0 Å². The van der Waals surface area contributed by atoms with Crippen molar-refractivity contribution in [3.63, 3.8) is 0 Å². The minimum Gasteiger partial charge on any atom is -0.385 e. The molecule has 0 radical (unpaired) electrons. The average Bonchev–Trinajstić information content (AvgIpc) is 2.56. The maximum absolute atomic E-state index is 5.60. The summed E-state index contributed by atoms with van der Waals surface area (Å²) >= 11 is 0. The van der Waals surface area contributed by atoms with Crippen LogP contribution in [-0.2, 0) is 14.2 Å². The Labute approximate surface area is 87.5 Å². The van der Waals surface area contributed by atoms with Gasteiger partial charge in [0.15, 0.2) is 0 Å². The van der Waals surface area contributed by atoms with Crippen LogP contribution in [0.4, 0.5) is 0 Å². The van der Waals surface area contributed by atoms with E-state index in [0.717, 1.165) is 19.6 Å². The monoisotopic (exact) mass is 200 g/mol. The quantitative estimate of drug-likeness (QED) is 0.596. The van der Waals surface area contributed by atoms with Crippen LogP contribution in [0.25, 0.3) is 0 Å². The minimum absolute atomic E-state index is 0.261. The molecule has 1 aliphatic rings. The van der Waals surface area contributed by atoms with Crippen molar-refractivity contribution in [3.8, 4) is 0 Å². The molecule has 1 fully saturated rings. The molecule has 0 amide bonds. The van der Waals surface area contributed by atoms with Crippen molar-refractivity contribution in [1.82, 2.24) is 0 Å². The molecule has 1 saturated heterocycles. The highest BCUT2D eigenvalue weighted by Gasteiger charge is 2.37. The molecule has 3 nitrogen and oxygen atoms in total. The normalized spacial score (nSPS) is 34.6. The predicted octanol–water partition coefficient (Wildman–Crippen LogP) is 0.280. The molecule has 0 saturated carbocycles. The lowest BCUT2D eigenvalue weighted by Gasteiger charge is -2.26. The van der Waals surface area contributed by atoms with Gasteiger partial charge in [0.1, 0.15) is 7.85 Å². The van der Waals surface area contributed by atoms with Crippen LogP contribution in [0, 0.1) is 11.8 Å². The summed E-state index contributed by atoms with van der Waals surface area (Å²) in [5.41, 5.74) is 0. The molecule has 1 aliphatic heterocycles. The molecule has 4 heteroatoms. The molecule has 0 N–H and O–H groups in total. The topological polar surface area (TPSA) is 27.7 Å². The summed E-state index contributed by atoms with van der Waals surface area (Å²) < 4.78 is 16.1. The second kappa shape index (κ2) is 5.74. The summed E-state index contributed by atoms with van der Waals surface area (Å²) in [5, 5.41) is 0. The third kappa shape index (κ3) is 2.72. The van der Waals surface area contributed by atoms with Gasteiger partial charge in [-0.1, -0.05) is 6.92 Å². The van der Waals surface area contributed by atoms with E-state index in [1.807, 2.05) is 0 Å². The van der Waals surface area contributed by atoms with E-state index in [1.165, 1.54) is 0 Å². The van der Waals surface area contributed by atoms with Crippen molar-refractivity contribution in [1.29, 1.82) is 0 Å². The van der Waals surface area contributed by atoms with Crippen molar-refractivity contribution >= 4 is 7.85 Å². The van der Waals surface area contributed by atoms with Gasteiger partial charge in [0, 0.05) is 32.7 Å². The second-order valence-corrected chi connectivity index (χ2v) is 4.15. The van der Waals surface area contributed by atoms with E-state index in [1.54, 1.807) is 14.2 Å². The van der Waals surface area contributed by atoms with Crippen molar-refractivity contribution in [2.75, 3.05) is 27.4 Å². The fourth-order valence-corrected chi connectivity index (χ4v) is 2.32. The number of hydrogen-bond donors (Lipinski definition) is 0. The third-order valence-electron chi connectivity index (χ3n) is 3.23. The predicted molar refractivity (Wildman–Crippen MR) is 58.2 cm³/mol. The zero-order chi connectivity index (χ0) is 10.6. The fourth-order valence-electron chi connectivity index (χ4n) is 2.32. The van der Waals surface area contributed by atoms with Gasteiger partial charge in [-0.25, -0.2) is 0 Å². The molecule has 4 atom stereocenters. The Morgan fingerprint density at radius 3 is 2.79 bits per heavy atom. The van der Waals surface area contributed by atoms with Crippen molar-refractivity contribution in [2.24, 2.45) is 11.8 Å². The van der Waals surface area contributed by atoms with Gasteiger partial charge < -0.3 is 14.2 Å². The van der Waals surface area contributed by atoms with E-state index in [-0.39, 0.29) is 6.10 Å². The Morgan fingerprint density at radius 1 is 1.50 bits per heavy atom. The SMILES string of the molecule is B[C@@H]1OCC(OC)[C@@H]1C(C)CCOC. The summed E-state index contributed by atoms with van der Waals surface area (Å²) in [6, 6.07) is 0.312. The summed E-state index contributed by atoms with van der Waals surface area (Å²) in [6.07, 6.45) is 1.34. The van der Waals surface area contributed by atoms with Crippen molar-refractivity contribution in [3.05, 3.63) is 0 Å². The summed E-state index contributed by atoms with van der Waals surface area (Å²) in [7, 11) is 5.64. The maximum atomic E-state index is 5.60. The lowest BCUT2D eigenvalue weighted by Crippen LogP contribution is -2.32. The highest BCUT2D eigenvalue weighted by molar-refractivity contribution is 6.11. The van der Waals surface area contributed by atoms with Crippen LogP contribution in [0.3, 0.4) is 0 Å². The minimum atomic E-state index is 0.261. The Hall–Kier alpha value is -0.0551. The molecular weight excluding hydrogens is 179 g/mol. The van der Waals surface area contributed by atoms with Gasteiger partial charge in [-0.3, -0.25) is 0 Å². The molecule has 14 heavy (non-hydrogen) atoms. The Balaban J connectivity index is 2.45. The first-order chi connectivity index (χ1) is 6.70. The molecule has 1 rings (SSSR count). The lowest BCUT2D eigenvalue weighted by atomic mass is 9.76. The van der Waals surface area contributed by atoms with Crippen LogP contribution in [-0.4, -0.2) is 47.4 Å². The van der Waals surface area contributed by atoms with Gasteiger partial charge in [0.2, 0.25) is 0 Å². The highest BCUT2D eigenvalue weighted by Crippen LogP contribution is 2.30. The van der Waals surface area contributed by atoms with Gasteiger partial charge in [-0.05, 0) is 12.3 Å². The van der Waals surface area contributed by atoms with Crippen LogP contribution in [0.15, 0.2) is 0 Å². The van der Waals surface area contributed by atoms with Crippen LogP contribution in [0.5, 0.6) is 0 Å². The average molecular weight is 200 g/mol. The third-order valence-corrected chi connectivity index (χ3v) is 3.23. The number of rotatable bonds is 5. The standard InChI is InChI=1S/C10H21BO3/c1-7(4-5-12-2)9-8(13-3)6-14-10(9)11/h7-10H,4-6,11H2,1-3H3/t7?,8?,9-,10+/m0/s1. The summed E-state index contributed by atoms with van der Waals surface area (Å²) in [4.78, 5) is 0. The van der Waals surface area contributed by atoms with E-state index < -0.39 is 0 Å². The van der Waals surface area contributed by atoms with Gasteiger partial charge in [-0.15, -0.1) is 0 Å². The summed E-state index contributed by atoms with van der Waals surface area (Å²) in [5.74, 6) is 1.10. The summed E-state index contributed by atoms with van der Waals surface area (Å²) in [6.45, 7) is 3.81. The van der Waals surface area contributed by atoms with E-state index in [0.29, 0.717) is 17.8 Å². The molecule has 82 valence electrons. The molecule has 2 unspecified atom stereocenters. The second-order valence-electron chi connectivity index (χ2n) is 4.15. The largest absolute Gasteiger partial charge is 0.385 e. The van der Waals surface area contributed by atoms with Crippen LogP contribution >= 0.6 is 0 Å². The van der Waals surface area contributed by atoms with Gasteiger partial charge in [0.05, 0.1) is 12.7 Å². The molecule has 0 aromatic rings. The lowest BCUT2D eigenvalue weighted by molar-refractivity contribution is 0.0484. The molecule has 0 aliphatic carbocycles. The van der Waals surface area contributed by atoms with Crippen LogP contribution in [0.1, 0.15) is 13.3 Å². The molecular formula is C10H21BO3. The molecule has 0 aromatic carbocycles. The Kier molecular flexibility index (Phi) is 4.92. The van der Waals surface area contributed by atoms with E-state index in [2.05, 4.69) is 14.8 Å². The zero-order valence-electron chi connectivity index (χ0n) is 9.66. The molecule has 0 bridgehead atoms. The van der Waals surface area contributed by atoms with E-state index in [4.69, 9.17) is 14.2 Å². The first kappa shape index (κ1) is 12.0. The Morgan fingerprint density at radius 2 is 2.21 bits per heavy atom. The fraction of sp³-hybridized carbons (Fsp3) is 1.00. The number of hydrogen-bond acceptors (Lipinski definition) is 3. The number of methoxy groups -OCH3 is 2. The first-order valence-electron chi connectivity index (χ1n) is 5.34. The van der Waals surface area contributed by atoms with Crippen molar-refractivity contribution in [2.45, 2.75) is 25.5 Å². The molecule has 0 aromatic heterocycles. The highest BCUT2D eigenvalue weighted by atomic mass is 16.5. The van der Waals surface area contributed by atoms with Crippen LogP contribution < -0.4 is 0 Å². The molecule has 1 heterocycles. The van der Waals surface area contributed by atoms with Gasteiger partial charge in [-0.2, -0.15) is 0 Å². The maximum Gasteiger partial charge on any atom is 0.139 e. The molecule has 0 spiro atoms. The van der Waals surface area contributed by atoms with Crippen LogP contribution in [0.2, 0.25) is 0 Å². The smallest absolute Gasteiger partial charge is 0.139 e.